The molecule has 0 saturated carbocycles. The van der Waals surface area contributed by atoms with Crippen molar-refractivity contribution in [2.24, 2.45) is 4.99 Å². The minimum absolute atomic E-state index is 0.175. The molecule has 3 rings (SSSR count). The molecule has 6 nitrogen and oxygen atoms in total. The monoisotopic (exact) mass is 438 g/mol. The van der Waals surface area contributed by atoms with E-state index in [0.29, 0.717) is 35.1 Å². The van der Waals surface area contributed by atoms with Crippen molar-refractivity contribution < 1.29 is 17.9 Å². The van der Waals surface area contributed by atoms with Crippen molar-refractivity contribution in [1.82, 2.24) is 0 Å². The normalized spacial score (nSPS) is 16.5. The van der Waals surface area contributed by atoms with Gasteiger partial charge in [-0.1, -0.05) is 35.0 Å². The first kappa shape index (κ1) is 18.7. The molecule has 138 valence electrons. The van der Waals surface area contributed by atoms with E-state index in [-0.39, 0.29) is 9.72 Å². The topological polar surface area (TPSA) is 68.2 Å². The number of hydrogen-bond donors (Lipinski definition) is 0. The minimum Gasteiger partial charge on any atom is -0.493 e. The number of anilines is 1. The number of amidine groups is 1. The lowest BCUT2D eigenvalue weighted by molar-refractivity contribution is 0.355. The molecule has 0 spiro atoms. The Morgan fingerprint density at radius 1 is 1.12 bits per heavy atom. The molecule has 1 aliphatic rings. The van der Waals surface area contributed by atoms with Crippen LogP contribution in [0.25, 0.3) is 0 Å². The molecule has 1 unspecified atom stereocenters. The van der Waals surface area contributed by atoms with E-state index in [4.69, 9.17) is 9.47 Å². The number of aliphatic imine (C=N–C) groups is 1. The summed E-state index contributed by atoms with van der Waals surface area (Å²) in [5.74, 6) is 1.38. The van der Waals surface area contributed by atoms with Crippen LogP contribution in [0.1, 0.15) is 13.3 Å². The van der Waals surface area contributed by atoms with Gasteiger partial charge in [0, 0.05) is 6.07 Å². The number of halogens is 1. The number of rotatable bonds is 5. The maximum absolute atomic E-state index is 13.3. The first-order valence-corrected chi connectivity index (χ1v) is 10.4. The maximum atomic E-state index is 13.3. The molecule has 2 aromatic rings. The fraction of sp³-hybridized carbons (Fsp3) is 0.278. The van der Waals surface area contributed by atoms with E-state index in [1.54, 1.807) is 42.5 Å². The third kappa shape index (κ3) is 3.07. The van der Waals surface area contributed by atoms with Gasteiger partial charge in [-0.05, 0) is 30.7 Å². The summed E-state index contributed by atoms with van der Waals surface area (Å²) in [7, 11) is -0.767. The van der Waals surface area contributed by atoms with Gasteiger partial charge in [0.1, 0.15) is 10.7 Å². The second-order valence-electron chi connectivity index (χ2n) is 5.62. The summed E-state index contributed by atoms with van der Waals surface area (Å²) in [6.45, 7) is 1.96. The number of alkyl halides is 1. The Kier molecular flexibility index (Phi) is 5.24. The second-order valence-corrected chi connectivity index (χ2v) is 8.48. The zero-order valence-electron chi connectivity index (χ0n) is 14.6. The van der Waals surface area contributed by atoms with Crippen LogP contribution in [0.2, 0.25) is 0 Å². The van der Waals surface area contributed by atoms with Gasteiger partial charge < -0.3 is 9.47 Å². The third-order valence-corrected chi connectivity index (χ3v) is 6.90. The van der Waals surface area contributed by atoms with Crippen LogP contribution in [0, 0.1) is 0 Å². The van der Waals surface area contributed by atoms with Crippen LogP contribution in [-0.2, 0) is 10.0 Å². The summed E-state index contributed by atoms with van der Waals surface area (Å²) >= 11 is 3.55. The van der Waals surface area contributed by atoms with E-state index in [2.05, 4.69) is 20.9 Å². The molecule has 1 atom stereocenters. The van der Waals surface area contributed by atoms with Gasteiger partial charge >= 0.3 is 0 Å². The number of benzene rings is 2. The quantitative estimate of drug-likeness (QED) is 0.658. The first-order valence-electron chi connectivity index (χ1n) is 8.03. The standard InChI is InChI=1S/C18H19BrN2O4S/c1-4-13(19)18-20-14-7-5-6-8-17(14)26(22,23)21(18)12-9-10-15(24-2)16(11-12)25-3/h5-11,13H,4H2,1-3H3. The van der Waals surface area contributed by atoms with Crippen molar-refractivity contribution in [3.63, 3.8) is 0 Å². The predicted molar refractivity (Wildman–Crippen MR) is 106 cm³/mol. The Labute approximate surface area is 161 Å². The molecular weight excluding hydrogens is 420 g/mol. The van der Waals surface area contributed by atoms with Gasteiger partial charge in [0.05, 0.1) is 30.4 Å². The van der Waals surface area contributed by atoms with E-state index >= 15 is 0 Å². The van der Waals surface area contributed by atoms with Gasteiger partial charge in [-0.15, -0.1) is 0 Å². The summed E-state index contributed by atoms with van der Waals surface area (Å²) in [4.78, 5) is 4.56. The van der Waals surface area contributed by atoms with Crippen molar-refractivity contribution in [2.45, 2.75) is 23.1 Å². The number of methoxy groups -OCH3 is 2. The molecule has 8 heteroatoms. The highest BCUT2D eigenvalue weighted by atomic mass is 79.9. The molecule has 0 saturated heterocycles. The summed E-state index contributed by atoms with van der Waals surface area (Å²) in [6.07, 6.45) is 0.681. The van der Waals surface area contributed by atoms with Gasteiger partial charge in [0.2, 0.25) is 0 Å². The van der Waals surface area contributed by atoms with Gasteiger partial charge in [0.15, 0.2) is 11.5 Å². The molecule has 0 N–H and O–H groups in total. The molecule has 0 fully saturated rings. The zero-order valence-corrected chi connectivity index (χ0v) is 17.0. The Morgan fingerprint density at radius 3 is 2.46 bits per heavy atom. The smallest absolute Gasteiger partial charge is 0.271 e. The lowest BCUT2D eigenvalue weighted by Crippen LogP contribution is -2.43. The van der Waals surface area contributed by atoms with Crippen LogP contribution in [0.15, 0.2) is 52.4 Å². The highest BCUT2D eigenvalue weighted by Crippen LogP contribution is 2.40. The molecule has 26 heavy (non-hydrogen) atoms. The number of hydrogen-bond acceptors (Lipinski definition) is 5. The molecule has 1 aliphatic heterocycles. The molecular formula is C18H19BrN2O4S. The number of para-hydroxylation sites is 1. The third-order valence-electron chi connectivity index (χ3n) is 4.07. The SMILES string of the molecule is CCC(Br)C1=Nc2ccccc2S(=O)(=O)N1c1ccc(OC)c(OC)c1. The molecule has 2 aromatic carbocycles. The van der Waals surface area contributed by atoms with E-state index < -0.39 is 10.0 Å². The van der Waals surface area contributed by atoms with Gasteiger partial charge in [-0.25, -0.2) is 17.7 Å². The van der Waals surface area contributed by atoms with Crippen LogP contribution in [0.5, 0.6) is 11.5 Å². The van der Waals surface area contributed by atoms with Gasteiger partial charge in [-0.3, -0.25) is 0 Å². The number of nitrogens with zero attached hydrogens (tertiary/aromatic N) is 2. The fourth-order valence-corrected chi connectivity index (χ4v) is 4.83. The molecule has 0 aromatic heterocycles. The predicted octanol–water partition coefficient (Wildman–Crippen LogP) is 4.12. The van der Waals surface area contributed by atoms with Crippen LogP contribution < -0.4 is 13.8 Å². The first-order chi connectivity index (χ1) is 12.4. The zero-order chi connectivity index (χ0) is 18.9. The lowest BCUT2D eigenvalue weighted by atomic mass is 10.2. The molecule has 0 amide bonds. The number of fused-ring (bicyclic) bond motifs is 1. The maximum Gasteiger partial charge on any atom is 0.271 e. The van der Waals surface area contributed by atoms with Crippen molar-refractivity contribution >= 4 is 43.2 Å². The average Bonchev–Trinajstić information content (AvgIpc) is 2.66. The van der Waals surface area contributed by atoms with Crippen LogP contribution in [0.4, 0.5) is 11.4 Å². The van der Waals surface area contributed by atoms with Crippen LogP contribution in [0.3, 0.4) is 0 Å². The fourth-order valence-electron chi connectivity index (χ4n) is 2.76. The van der Waals surface area contributed by atoms with E-state index in [9.17, 15) is 8.42 Å². The largest absolute Gasteiger partial charge is 0.493 e. The highest BCUT2D eigenvalue weighted by Gasteiger charge is 2.37. The van der Waals surface area contributed by atoms with Crippen LogP contribution in [-0.4, -0.2) is 33.3 Å². The van der Waals surface area contributed by atoms with Crippen molar-refractivity contribution in [1.29, 1.82) is 0 Å². The summed E-state index contributed by atoms with van der Waals surface area (Å²) in [5.41, 5.74) is 0.880. The molecule has 0 radical (unpaired) electrons. The highest BCUT2D eigenvalue weighted by molar-refractivity contribution is 9.10. The molecule has 0 bridgehead atoms. The summed E-state index contributed by atoms with van der Waals surface area (Å²) < 4.78 is 38.5. The summed E-state index contributed by atoms with van der Waals surface area (Å²) in [5, 5.41) is 0. The van der Waals surface area contributed by atoms with Gasteiger partial charge in [-0.2, -0.15) is 0 Å². The summed E-state index contributed by atoms with van der Waals surface area (Å²) in [6, 6.07) is 11.7. The Balaban J connectivity index is 2.24. The van der Waals surface area contributed by atoms with E-state index in [1.807, 2.05) is 6.92 Å². The van der Waals surface area contributed by atoms with Crippen molar-refractivity contribution in [2.75, 3.05) is 18.5 Å². The Morgan fingerprint density at radius 2 is 1.81 bits per heavy atom. The van der Waals surface area contributed by atoms with Gasteiger partial charge in [0.25, 0.3) is 10.0 Å². The molecule has 1 heterocycles. The minimum atomic E-state index is -3.81. The Bertz CT molecular complexity index is 959. The van der Waals surface area contributed by atoms with Crippen molar-refractivity contribution in [3.8, 4) is 11.5 Å². The van der Waals surface area contributed by atoms with E-state index in [0.717, 1.165) is 0 Å². The number of ether oxygens (including phenoxy) is 2. The lowest BCUT2D eigenvalue weighted by Gasteiger charge is -2.32. The van der Waals surface area contributed by atoms with Crippen molar-refractivity contribution in [3.05, 3.63) is 42.5 Å². The average molecular weight is 439 g/mol. The Hall–Kier alpha value is -2.06. The molecule has 0 aliphatic carbocycles. The van der Waals surface area contributed by atoms with Crippen LogP contribution >= 0.6 is 15.9 Å². The van der Waals surface area contributed by atoms with E-state index in [1.165, 1.54) is 18.5 Å². The second kappa shape index (κ2) is 7.28. The number of sulfonamides is 1.